The van der Waals surface area contributed by atoms with Crippen molar-refractivity contribution in [2.24, 2.45) is 0 Å². The molecule has 5 rings (SSSR count). The fourth-order valence-electron chi connectivity index (χ4n) is 4.06. The molecule has 0 bridgehead atoms. The van der Waals surface area contributed by atoms with Crippen LogP contribution in [0.1, 0.15) is 16.1 Å². The van der Waals surface area contributed by atoms with E-state index >= 15 is 0 Å². The third kappa shape index (κ3) is 4.58. The Labute approximate surface area is 224 Å². The van der Waals surface area contributed by atoms with Gasteiger partial charge in [0.25, 0.3) is 5.91 Å². The molecule has 0 radical (unpaired) electrons. The van der Waals surface area contributed by atoms with Gasteiger partial charge in [-0.3, -0.25) is 4.79 Å². The number of pyridine rings is 1. The third-order valence-electron chi connectivity index (χ3n) is 5.71. The van der Waals surface area contributed by atoms with Crippen molar-refractivity contribution in [3.05, 3.63) is 100 Å². The maximum atomic E-state index is 14.3. The lowest BCUT2D eigenvalue weighted by atomic mass is 10.0. The van der Waals surface area contributed by atoms with E-state index in [1.807, 2.05) is 0 Å². The standard InChI is InChI=1S/C26H17Cl2F3N6O/c1-32-36(20-8-4-5-13-33-20)25(38)21-23(26(29,30)31)35-37-22(15-9-11-16(27)12-10-15)18(14-34-24(21)37)17-6-2-3-7-19(17)28/h2-14,32H,1H3. The quantitative estimate of drug-likeness (QED) is 0.248. The topological polar surface area (TPSA) is 75.4 Å². The summed E-state index contributed by atoms with van der Waals surface area (Å²) in [5.74, 6) is -0.938. The highest BCUT2D eigenvalue weighted by Gasteiger charge is 2.43. The first kappa shape index (κ1) is 25.7. The molecule has 3 aromatic heterocycles. The zero-order valence-corrected chi connectivity index (χ0v) is 21.1. The molecule has 1 N–H and O–H groups in total. The number of carbonyl (C=O) groups is 1. The Morgan fingerprint density at radius 3 is 2.29 bits per heavy atom. The van der Waals surface area contributed by atoms with Gasteiger partial charge in [0.15, 0.2) is 11.3 Å². The molecule has 0 unspecified atom stereocenters. The summed E-state index contributed by atoms with van der Waals surface area (Å²) in [6, 6.07) is 18.0. The number of carbonyl (C=O) groups excluding carboxylic acids is 1. The molecule has 0 fully saturated rings. The summed E-state index contributed by atoms with van der Waals surface area (Å²) in [5, 5.41) is 5.58. The Balaban J connectivity index is 1.84. The van der Waals surface area contributed by atoms with Gasteiger partial charge in [-0.15, -0.1) is 0 Å². The van der Waals surface area contributed by atoms with Gasteiger partial charge in [0, 0.05) is 46.2 Å². The van der Waals surface area contributed by atoms with Crippen molar-refractivity contribution in [1.29, 1.82) is 0 Å². The van der Waals surface area contributed by atoms with Gasteiger partial charge in [0.2, 0.25) is 0 Å². The Hall–Kier alpha value is -3.99. The van der Waals surface area contributed by atoms with Crippen molar-refractivity contribution in [1.82, 2.24) is 25.0 Å². The molecular formula is C26H17Cl2F3N6O. The lowest BCUT2D eigenvalue weighted by Gasteiger charge is -2.20. The summed E-state index contributed by atoms with van der Waals surface area (Å²) >= 11 is 12.5. The van der Waals surface area contributed by atoms with Gasteiger partial charge in [0.05, 0.1) is 5.69 Å². The molecule has 1 amide bonds. The summed E-state index contributed by atoms with van der Waals surface area (Å²) in [6.45, 7) is 0. The molecule has 0 spiro atoms. The minimum absolute atomic E-state index is 0.0955. The van der Waals surface area contributed by atoms with E-state index in [1.54, 1.807) is 60.7 Å². The Morgan fingerprint density at radius 2 is 1.66 bits per heavy atom. The molecule has 7 nitrogen and oxygen atoms in total. The number of aromatic nitrogens is 4. The highest BCUT2D eigenvalue weighted by molar-refractivity contribution is 6.33. The lowest BCUT2D eigenvalue weighted by Crippen LogP contribution is -2.42. The van der Waals surface area contributed by atoms with E-state index in [9.17, 15) is 18.0 Å². The van der Waals surface area contributed by atoms with Crippen LogP contribution in [-0.4, -0.2) is 32.5 Å². The van der Waals surface area contributed by atoms with E-state index in [0.29, 0.717) is 26.7 Å². The smallest absolute Gasteiger partial charge is 0.267 e. The molecule has 2 aromatic carbocycles. The van der Waals surface area contributed by atoms with Crippen LogP contribution in [0.5, 0.6) is 0 Å². The molecular weight excluding hydrogens is 540 g/mol. The number of amides is 1. The molecule has 12 heteroatoms. The van der Waals surface area contributed by atoms with Crippen LogP contribution in [0.25, 0.3) is 28.0 Å². The first-order valence-corrected chi connectivity index (χ1v) is 11.9. The number of anilines is 1. The summed E-state index contributed by atoms with van der Waals surface area (Å²) in [5.41, 5.74) is 1.86. The minimum Gasteiger partial charge on any atom is -0.267 e. The van der Waals surface area contributed by atoms with Crippen molar-refractivity contribution < 1.29 is 18.0 Å². The van der Waals surface area contributed by atoms with E-state index < -0.39 is 23.3 Å². The number of rotatable bonds is 5. The van der Waals surface area contributed by atoms with Gasteiger partial charge in [-0.2, -0.15) is 18.3 Å². The molecule has 0 aliphatic heterocycles. The zero-order chi connectivity index (χ0) is 27.0. The van der Waals surface area contributed by atoms with Crippen LogP contribution in [0.4, 0.5) is 19.0 Å². The Bertz CT molecular complexity index is 1640. The summed E-state index contributed by atoms with van der Waals surface area (Å²) in [6.07, 6.45) is -2.17. The normalized spacial score (nSPS) is 11.6. The highest BCUT2D eigenvalue weighted by atomic mass is 35.5. The van der Waals surface area contributed by atoms with Crippen molar-refractivity contribution in [3.63, 3.8) is 0 Å². The number of hydrogen-bond acceptors (Lipinski definition) is 5. The minimum atomic E-state index is -4.97. The number of benzene rings is 2. The molecule has 192 valence electrons. The first-order valence-electron chi connectivity index (χ1n) is 11.1. The van der Waals surface area contributed by atoms with Crippen LogP contribution in [0, 0.1) is 0 Å². The second kappa shape index (κ2) is 10.1. The van der Waals surface area contributed by atoms with Crippen molar-refractivity contribution >= 4 is 40.6 Å². The average molecular weight is 557 g/mol. The van der Waals surface area contributed by atoms with Crippen LogP contribution < -0.4 is 10.4 Å². The molecule has 0 aliphatic carbocycles. The lowest BCUT2D eigenvalue weighted by molar-refractivity contribution is -0.141. The number of alkyl halides is 3. The van der Waals surface area contributed by atoms with Crippen LogP contribution in [0.15, 0.2) is 79.1 Å². The fraction of sp³-hybridized carbons (Fsp3) is 0.0769. The number of fused-ring (bicyclic) bond motifs is 1. The number of nitrogens with one attached hydrogen (secondary N) is 1. The molecule has 0 atom stereocenters. The highest BCUT2D eigenvalue weighted by Crippen LogP contribution is 2.39. The van der Waals surface area contributed by atoms with Crippen LogP contribution in [0.3, 0.4) is 0 Å². The second-order valence-corrected chi connectivity index (χ2v) is 8.86. The summed E-state index contributed by atoms with van der Waals surface area (Å²) in [4.78, 5) is 22.0. The summed E-state index contributed by atoms with van der Waals surface area (Å²) < 4.78 is 44.0. The fourth-order valence-corrected chi connectivity index (χ4v) is 4.42. The molecule has 38 heavy (non-hydrogen) atoms. The monoisotopic (exact) mass is 556 g/mol. The van der Waals surface area contributed by atoms with Gasteiger partial charge < -0.3 is 0 Å². The first-order chi connectivity index (χ1) is 18.2. The number of hydrazine groups is 1. The van der Waals surface area contributed by atoms with Crippen molar-refractivity contribution in [2.75, 3.05) is 12.1 Å². The Morgan fingerprint density at radius 1 is 0.947 bits per heavy atom. The van der Waals surface area contributed by atoms with Crippen molar-refractivity contribution in [3.8, 4) is 22.4 Å². The zero-order valence-electron chi connectivity index (χ0n) is 19.5. The van der Waals surface area contributed by atoms with Gasteiger partial charge >= 0.3 is 6.18 Å². The third-order valence-corrected chi connectivity index (χ3v) is 6.29. The van der Waals surface area contributed by atoms with Gasteiger partial charge in [-0.1, -0.05) is 59.6 Å². The van der Waals surface area contributed by atoms with E-state index in [0.717, 1.165) is 9.52 Å². The van der Waals surface area contributed by atoms with Crippen LogP contribution in [0.2, 0.25) is 10.0 Å². The van der Waals surface area contributed by atoms with E-state index in [2.05, 4.69) is 20.5 Å². The molecule has 5 aromatic rings. The van der Waals surface area contributed by atoms with Crippen molar-refractivity contribution in [2.45, 2.75) is 6.18 Å². The summed E-state index contributed by atoms with van der Waals surface area (Å²) in [7, 11) is 1.40. The van der Waals surface area contributed by atoms with Gasteiger partial charge in [-0.05, 0) is 30.3 Å². The van der Waals surface area contributed by atoms with Crippen LogP contribution >= 0.6 is 23.2 Å². The largest absolute Gasteiger partial charge is 0.436 e. The second-order valence-electron chi connectivity index (χ2n) is 8.02. The van der Waals surface area contributed by atoms with Gasteiger partial charge in [-0.25, -0.2) is 24.9 Å². The number of nitrogens with zero attached hydrogens (tertiary/aromatic N) is 5. The Kier molecular flexibility index (Phi) is 6.78. The predicted molar refractivity (Wildman–Crippen MR) is 139 cm³/mol. The maximum Gasteiger partial charge on any atom is 0.436 e. The van der Waals surface area contributed by atoms with Crippen LogP contribution in [-0.2, 0) is 6.18 Å². The van der Waals surface area contributed by atoms with Gasteiger partial charge in [0.1, 0.15) is 11.4 Å². The van der Waals surface area contributed by atoms with E-state index in [-0.39, 0.29) is 17.2 Å². The maximum absolute atomic E-state index is 14.3. The van der Waals surface area contributed by atoms with E-state index in [1.165, 1.54) is 25.5 Å². The molecule has 0 aliphatic rings. The average Bonchev–Trinajstić information content (AvgIpc) is 3.31. The predicted octanol–water partition coefficient (Wildman–Crippen LogP) is 6.57. The molecule has 0 saturated carbocycles. The molecule has 0 saturated heterocycles. The SMILES string of the molecule is CNN(C(=O)c1c(C(F)(F)F)nn2c(-c3ccc(Cl)cc3)c(-c3ccccc3Cl)cnc12)c1ccccn1. The van der Waals surface area contributed by atoms with E-state index in [4.69, 9.17) is 23.2 Å². The number of halogens is 5. The molecule has 3 heterocycles. The number of hydrogen-bond donors (Lipinski definition) is 1.